The molecule has 0 fully saturated rings. The van der Waals surface area contributed by atoms with E-state index >= 15 is 0 Å². The summed E-state index contributed by atoms with van der Waals surface area (Å²) in [5.41, 5.74) is 9.34. The van der Waals surface area contributed by atoms with Crippen LogP contribution in [-0.4, -0.2) is 25.7 Å². The number of aryl methyl sites for hydroxylation is 2. The molecule has 0 aliphatic heterocycles. The molecule has 1 atom stereocenters. The summed E-state index contributed by atoms with van der Waals surface area (Å²) < 4.78 is 10.2. The maximum Gasteiger partial charge on any atom is 0.307 e. The third-order valence-electron chi connectivity index (χ3n) is 3.07. The molecule has 4 nitrogen and oxygen atoms in total. The zero-order valence-corrected chi connectivity index (χ0v) is 12.2. The van der Waals surface area contributed by atoms with Crippen LogP contribution >= 0.6 is 0 Å². The van der Waals surface area contributed by atoms with E-state index in [2.05, 4.69) is 10.8 Å². The summed E-state index contributed by atoms with van der Waals surface area (Å²) in [5.74, 6) is 0.637. The van der Waals surface area contributed by atoms with E-state index in [0.29, 0.717) is 13.0 Å². The van der Waals surface area contributed by atoms with Crippen LogP contribution in [0.4, 0.5) is 0 Å². The van der Waals surface area contributed by atoms with Crippen LogP contribution in [-0.2, 0) is 16.0 Å². The Morgan fingerprint density at radius 3 is 2.58 bits per heavy atom. The zero-order chi connectivity index (χ0) is 14.4. The van der Waals surface area contributed by atoms with Crippen molar-refractivity contribution >= 4 is 5.97 Å². The second kappa shape index (κ2) is 7.14. The molecule has 0 amide bonds. The van der Waals surface area contributed by atoms with Crippen LogP contribution in [0.5, 0.6) is 5.75 Å². The molecule has 0 aliphatic carbocycles. The molecule has 0 saturated heterocycles. The summed E-state index contributed by atoms with van der Waals surface area (Å²) in [6, 6.07) is 3.89. The average Bonchev–Trinajstić information content (AvgIpc) is 2.35. The van der Waals surface area contributed by atoms with Crippen LogP contribution in [0.3, 0.4) is 0 Å². The molecule has 0 radical (unpaired) electrons. The van der Waals surface area contributed by atoms with Gasteiger partial charge in [-0.15, -0.1) is 0 Å². The van der Waals surface area contributed by atoms with Crippen molar-refractivity contribution in [1.82, 2.24) is 0 Å². The predicted octanol–water partition coefficient (Wildman–Crippen LogP) is 2.14. The minimum atomic E-state index is -0.271. The van der Waals surface area contributed by atoms with Crippen LogP contribution in [0, 0.1) is 13.8 Å². The molecule has 0 aliphatic rings. The zero-order valence-electron chi connectivity index (χ0n) is 12.2. The van der Waals surface area contributed by atoms with Crippen molar-refractivity contribution in [3.05, 3.63) is 28.8 Å². The highest BCUT2D eigenvalue weighted by Gasteiger charge is 2.13. The summed E-state index contributed by atoms with van der Waals surface area (Å²) in [6.45, 7) is 6.67. The van der Waals surface area contributed by atoms with Gasteiger partial charge < -0.3 is 15.2 Å². The van der Waals surface area contributed by atoms with Crippen LogP contribution in [0.1, 0.15) is 30.0 Å². The van der Waals surface area contributed by atoms with Crippen molar-refractivity contribution in [2.75, 3.05) is 13.7 Å². The Bertz CT molecular complexity index is 443. The number of methoxy groups -OCH3 is 1. The molecule has 0 saturated carbocycles. The number of nitrogens with two attached hydrogens (primary N) is 1. The first-order valence-corrected chi connectivity index (χ1v) is 6.53. The topological polar surface area (TPSA) is 61.5 Å². The number of esters is 1. The fourth-order valence-corrected chi connectivity index (χ4v) is 2.03. The number of hydrogen-bond acceptors (Lipinski definition) is 4. The molecule has 0 spiro atoms. The third kappa shape index (κ3) is 4.56. The Hall–Kier alpha value is -1.55. The summed E-state index contributed by atoms with van der Waals surface area (Å²) in [5, 5.41) is 0. The van der Waals surface area contributed by atoms with Crippen molar-refractivity contribution in [3.8, 4) is 5.75 Å². The molecule has 1 unspecified atom stereocenters. The highest BCUT2D eigenvalue weighted by molar-refractivity contribution is 5.69. The van der Waals surface area contributed by atoms with Gasteiger partial charge in [-0.2, -0.15) is 0 Å². The molecule has 0 aromatic heterocycles. The number of carbonyl (C=O) groups is 1. The molecule has 19 heavy (non-hydrogen) atoms. The van der Waals surface area contributed by atoms with Gasteiger partial charge in [0, 0.05) is 6.04 Å². The number of ether oxygens (including phenoxy) is 2. The van der Waals surface area contributed by atoms with Gasteiger partial charge in [-0.25, -0.2) is 0 Å². The Morgan fingerprint density at radius 2 is 2.00 bits per heavy atom. The van der Waals surface area contributed by atoms with Crippen molar-refractivity contribution in [1.29, 1.82) is 0 Å². The lowest BCUT2D eigenvalue weighted by Gasteiger charge is -2.15. The fourth-order valence-electron chi connectivity index (χ4n) is 2.03. The fraction of sp³-hybridized carbons (Fsp3) is 0.533. The van der Waals surface area contributed by atoms with Gasteiger partial charge in [0.15, 0.2) is 0 Å². The van der Waals surface area contributed by atoms with Gasteiger partial charge >= 0.3 is 5.97 Å². The smallest absolute Gasteiger partial charge is 0.307 e. The normalized spacial score (nSPS) is 12.1. The second-order valence-corrected chi connectivity index (χ2v) is 4.72. The lowest BCUT2D eigenvalue weighted by atomic mass is 9.97. The van der Waals surface area contributed by atoms with E-state index in [1.54, 1.807) is 0 Å². The van der Waals surface area contributed by atoms with E-state index in [1.807, 2.05) is 26.8 Å². The maximum atomic E-state index is 11.2. The lowest BCUT2D eigenvalue weighted by Crippen LogP contribution is -2.27. The molecule has 0 heterocycles. The van der Waals surface area contributed by atoms with E-state index in [1.165, 1.54) is 7.11 Å². The molecular weight excluding hydrogens is 242 g/mol. The minimum absolute atomic E-state index is 0.219. The number of hydrogen-bond donors (Lipinski definition) is 1. The summed E-state index contributed by atoms with van der Waals surface area (Å²) in [7, 11) is 1.38. The van der Waals surface area contributed by atoms with Crippen molar-refractivity contribution < 1.29 is 14.3 Å². The SMILES string of the molecule is CCOc1cc(C)c(CC(N)CC(=O)OC)cc1C. The summed E-state index contributed by atoms with van der Waals surface area (Å²) in [4.78, 5) is 11.2. The third-order valence-corrected chi connectivity index (χ3v) is 3.07. The number of carbonyl (C=O) groups excluding carboxylic acids is 1. The second-order valence-electron chi connectivity index (χ2n) is 4.72. The molecule has 1 aromatic carbocycles. The molecule has 2 N–H and O–H groups in total. The Balaban J connectivity index is 2.78. The molecule has 106 valence electrons. The highest BCUT2D eigenvalue weighted by Crippen LogP contribution is 2.24. The van der Waals surface area contributed by atoms with Gasteiger partial charge in [-0.3, -0.25) is 4.79 Å². The highest BCUT2D eigenvalue weighted by atomic mass is 16.5. The molecule has 0 bridgehead atoms. The standard InChI is InChI=1S/C15H23NO3/c1-5-19-14-7-10(2)12(6-11(14)3)8-13(16)9-15(17)18-4/h6-7,13H,5,8-9,16H2,1-4H3. The van der Waals surface area contributed by atoms with Crippen LogP contribution in [0.15, 0.2) is 12.1 Å². The van der Waals surface area contributed by atoms with Gasteiger partial charge in [0.1, 0.15) is 5.75 Å². The first-order valence-electron chi connectivity index (χ1n) is 6.53. The number of benzene rings is 1. The van der Waals surface area contributed by atoms with E-state index in [9.17, 15) is 4.79 Å². The average molecular weight is 265 g/mol. The van der Waals surface area contributed by atoms with Crippen LogP contribution < -0.4 is 10.5 Å². The monoisotopic (exact) mass is 265 g/mol. The Morgan fingerprint density at radius 1 is 1.32 bits per heavy atom. The van der Waals surface area contributed by atoms with Crippen molar-refractivity contribution in [2.24, 2.45) is 5.73 Å². The van der Waals surface area contributed by atoms with E-state index < -0.39 is 0 Å². The summed E-state index contributed by atoms with van der Waals surface area (Å²) in [6.07, 6.45) is 0.899. The van der Waals surface area contributed by atoms with Crippen molar-refractivity contribution in [3.63, 3.8) is 0 Å². The van der Waals surface area contributed by atoms with E-state index in [0.717, 1.165) is 22.4 Å². The van der Waals surface area contributed by atoms with Gasteiger partial charge in [0.2, 0.25) is 0 Å². The van der Waals surface area contributed by atoms with E-state index in [4.69, 9.17) is 10.5 Å². The largest absolute Gasteiger partial charge is 0.494 e. The van der Waals surface area contributed by atoms with Crippen molar-refractivity contribution in [2.45, 2.75) is 39.7 Å². The first kappa shape index (κ1) is 15.5. The van der Waals surface area contributed by atoms with E-state index in [-0.39, 0.29) is 18.4 Å². The molecular formula is C15H23NO3. The maximum absolute atomic E-state index is 11.2. The van der Waals surface area contributed by atoms with Gasteiger partial charge in [-0.05, 0) is 49.9 Å². The minimum Gasteiger partial charge on any atom is -0.494 e. The quantitative estimate of drug-likeness (QED) is 0.800. The molecule has 1 aromatic rings. The Labute approximate surface area is 114 Å². The number of rotatable bonds is 6. The van der Waals surface area contributed by atoms with Gasteiger partial charge in [-0.1, -0.05) is 6.07 Å². The first-order chi connectivity index (χ1) is 8.97. The Kier molecular flexibility index (Phi) is 5.83. The van der Waals surface area contributed by atoms with Gasteiger partial charge in [0.25, 0.3) is 0 Å². The summed E-state index contributed by atoms with van der Waals surface area (Å²) >= 11 is 0. The molecule has 4 heteroatoms. The molecule has 1 rings (SSSR count). The lowest BCUT2D eigenvalue weighted by molar-refractivity contribution is -0.140. The van der Waals surface area contributed by atoms with Gasteiger partial charge in [0.05, 0.1) is 20.1 Å². The predicted molar refractivity (Wildman–Crippen MR) is 75.4 cm³/mol. The van der Waals surface area contributed by atoms with Crippen LogP contribution in [0.2, 0.25) is 0 Å². The van der Waals surface area contributed by atoms with Crippen LogP contribution in [0.25, 0.3) is 0 Å².